The van der Waals surface area contributed by atoms with Crippen molar-refractivity contribution in [1.29, 1.82) is 0 Å². The summed E-state index contributed by atoms with van der Waals surface area (Å²) in [6, 6.07) is 2.13. The van der Waals surface area contributed by atoms with E-state index in [2.05, 4.69) is 10.4 Å². The van der Waals surface area contributed by atoms with Gasteiger partial charge in [0.05, 0.1) is 6.04 Å². The van der Waals surface area contributed by atoms with Gasteiger partial charge < -0.3 is 5.32 Å². The van der Waals surface area contributed by atoms with E-state index in [4.69, 9.17) is 0 Å². The number of rotatable bonds is 2. The molecule has 0 unspecified atom stereocenters. The number of aromatic amines is 1. The van der Waals surface area contributed by atoms with Gasteiger partial charge in [-0.1, -0.05) is 6.42 Å². The number of aromatic nitrogens is 2. The maximum absolute atomic E-state index is 11.9. The summed E-state index contributed by atoms with van der Waals surface area (Å²) in [7, 11) is 0. The van der Waals surface area contributed by atoms with Crippen molar-refractivity contribution in [3.63, 3.8) is 0 Å². The number of piperidine rings is 1. The van der Waals surface area contributed by atoms with E-state index >= 15 is 0 Å². The zero-order chi connectivity index (χ0) is 11.0. The Kier molecular flexibility index (Phi) is 2.59. The third-order valence-corrected chi connectivity index (χ3v) is 3.95. The van der Waals surface area contributed by atoms with Crippen molar-refractivity contribution in [1.82, 2.24) is 15.1 Å². The van der Waals surface area contributed by atoms with E-state index in [0.717, 1.165) is 31.6 Å². The number of H-pyrrole nitrogens is 1. The molecule has 2 N–H and O–H groups in total. The topological polar surface area (TPSA) is 49.8 Å². The highest BCUT2D eigenvalue weighted by Gasteiger charge is 2.24. The highest BCUT2D eigenvalue weighted by atomic mass is 16.1. The summed E-state index contributed by atoms with van der Waals surface area (Å²) in [5.41, 5.74) is 1.30. The minimum atomic E-state index is 0.149. The SMILES string of the molecule is O=c1cc(C2CCC2)[nH]n1[C@H]1CCCNC1. The van der Waals surface area contributed by atoms with Crippen LogP contribution < -0.4 is 10.9 Å². The molecule has 2 aliphatic rings. The Hall–Kier alpha value is -1.03. The molecule has 88 valence electrons. The second-order valence-electron chi connectivity index (χ2n) is 5.05. The Morgan fingerprint density at radius 2 is 2.12 bits per heavy atom. The lowest BCUT2D eigenvalue weighted by Gasteiger charge is -2.25. The van der Waals surface area contributed by atoms with E-state index in [1.54, 1.807) is 6.07 Å². The predicted molar refractivity (Wildman–Crippen MR) is 62.8 cm³/mol. The Labute approximate surface area is 95.0 Å². The second-order valence-corrected chi connectivity index (χ2v) is 5.05. The van der Waals surface area contributed by atoms with Gasteiger partial charge in [-0.15, -0.1) is 0 Å². The van der Waals surface area contributed by atoms with Crippen LogP contribution in [0.5, 0.6) is 0 Å². The Morgan fingerprint density at radius 3 is 2.75 bits per heavy atom. The van der Waals surface area contributed by atoms with Crippen LogP contribution in [0.4, 0.5) is 0 Å². The minimum absolute atomic E-state index is 0.149. The molecule has 1 aromatic heterocycles. The number of nitrogens with zero attached hydrogens (tertiary/aromatic N) is 1. The van der Waals surface area contributed by atoms with E-state index in [1.807, 2.05) is 4.68 Å². The summed E-state index contributed by atoms with van der Waals surface area (Å²) >= 11 is 0. The Morgan fingerprint density at radius 1 is 1.25 bits per heavy atom. The van der Waals surface area contributed by atoms with E-state index in [-0.39, 0.29) is 5.56 Å². The lowest BCUT2D eigenvalue weighted by atomic mass is 9.83. The monoisotopic (exact) mass is 221 g/mol. The molecule has 4 nitrogen and oxygen atoms in total. The van der Waals surface area contributed by atoms with Crippen molar-refractivity contribution < 1.29 is 0 Å². The van der Waals surface area contributed by atoms with Crippen LogP contribution in [0.25, 0.3) is 0 Å². The van der Waals surface area contributed by atoms with E-state index in [0.29, 0.717) is 12.0 Å². The van der Waals surface area contributed by atoms with Crippen molar-refractivity contribution in [2.75, 3.05) is 13.1 Å². The molecular weight excluding hydrogens is 202 g/mol. The smallest absolute Gasteiger partial charge is 0.267 e. The molecule has 2 heterocycles. The molecule has 1 aromatic rings. The van der Waals surface area contributed by atoms with Crippen LogP contribution in [0.3, 0.4) is 0 Å². The standard InChI is InChI=1S/C12H19N3O/c16-12-7-11(9-3-1-4-9)14-15(12)10-5-2-6-13-8-10/h7,9-10,13-14H,1-6,8H2/t10-/m0/s1. The van der Waals surface area contributed by atoms with Crippen LogP contribution in [0, 0.1) is 0 Å². The first-order valence-electron chi connectivity index (χ1n) is 6.37. The van der Waals surface area contributed by atoms with Crippen LogP contribution in [0.2, 0.25) is 0 Å². The second kappa shape index (κ2) is 4.09. The zero-order valence-electron chi connectivity index (χ0n) is 9.54. The van der Waals surface area contributed by atoms with Gasteiger partial charge in [0.2, 0.25) is 0 Å². The van der Waals surface area contributed by atoms with Gasteiger partial charge in [0.15, 0.2) is 0 Å². The third kappa shape index (κ3) is 1.71. The number of hydrogen-bond acceptors (Lipinski definition) is 2. The van der Waals surface area contributed by atoms with Crippen LogP contribution in [-0.4, -0.2) is 22.9 Å². The van der Waals surface area contributed by atoms with Crippen molar-refractivity contribution >= 4 is 0 Å². The van der Waals surface area contributed by atoms with Gasteiger partial charge in [0.1, 0.15) is 0 Å². The molecule has 4 heteroatoms. The summed E-state index contributed by atoms with van der Waals surface area (Å²) in [5, 5.41) is 6.66. The molecule has 1 atom stereocenters. The largest absolute Gasteiger partial charge is 0.315 e. The van der Waals surface area contributed by atoms with Gasteiger partial charge in [0, 0.05) is 24.2 Å². The molecule has 2 fully saturated rings. The molecule has 3 rings (SSSR count). The molecule has 0 spiro atoms. The van der Waals surface area contributed by atoms with E-state index in [9.17, 15) is 4.79 Å². The Balaban J connectivity index is 1.82. The fourth-order valence-electron chi connectivity index (χ4n) is 2.68. The fraction of sp³-hybridized carbons (Fsp3) is 0.750. The van der Waals surface area contributed by atoms with E-state index in [1.165, 1.54) is 19.3 Å². The molecular formula is C12H19N3O. The van der Waals surface area contributed by atoms with Crippen molar-refractivity contribution in [2.24, 2.45) is 0 Å². The molecule has 1 saturated carbocycles. The summed E-state index contributed by atoms with van der Waals surface area (Å²) in [6.07, 6.45) is 6.06. The number of nitrogens with one attached hydrogen (secondary N) is 2. The normalized spacial score (nSPS) is 26.6. The van der Waals surface area contributed by atoms with Gasteiger partial charge in [-0.3, -0.25) is 9.89 Å². The maximum Gasteiger partial charge on any atom is 0.267 e. The Bertz CT molecular complexity index is 410. The van der Waals surface area contributed by atoms with Gasteiger partial charge >= 0.3 is 0 Å². The number of hydrogen-bond donors (Lipinski definition) is 2. The minimum Gasteiger partial charge on any atom is -0.315 e. The van der Waals surface area contributed by atoms with Crippen LogP contribution in [0.1, 0.15) is 49.8 Å². The van der Waals surface area contributed by atoms with Gasteiger partial charge in [-0.25, -0.2) is 4.68 Å². The highest BCUT2D eigenvalue weighted by molar-refractivity contribution is 5.10. The summed E-state index contributed by atoms with van der Waals surface area (Å²) in [5.74, 6) is 0.616. The quantitative estimate of drug-likeness (QED) is 0.792. The average molecular weight is 221 g/mol. The average Bonchev–Trinajstić information content (AvgIpc) is 2.59. The first kappa shape index (κ1) is 10.1. The van der Waals surface area contributed by atoms with Gasteiger partial charge in [-0.05, 0) is 32.2 Å². The van der Waals surface area contributed by atoms with Crippen molar-refractivity contribution in [3.05, 3.63) is 22.1 Å². The van der Waals surface area contributed by atoms with E-state index < -0.39 is 0 Å². The lowest BCUT2D eigenvalue weighted by molar-refractivity contribution is 0.332. The molecule has 16 heavy (non-hydrogen) atoms. The molecule has 1 aliphatic heterocycles. The van der Waals surface area contributed by atoms with Crippen molar-refractivity contribution in [3.8, 4) is 0 Å². The highest BCUT2D eigenvalue weighted by Crippen LogP contribution is 2.34. The predicted octanol–water partition coefficient (Wildman–Crippen LogP) is 1.37. The third-order valence-electron chi connectivity index (χ3n) is 3.95. The maximum atomic E-state index is 11.9. The molecule has 1 aliphatic carbocycles. The fourth-order valence-corrected chi connectivity index (χ4v) is 2.68. The van der Waals surface area contributed by atoms with Gasteiger partial charge in [0.25, 0.3) is 5.56 Å². The summed E-state index contributed by atoms with van der Waals surface area (Å²) < 4.78 is 1.83. The molecule has 0 radical (unpaired) electrons. The van der Waals surface area contributed by atoms with Crippen LogP contribution >= 0.6 is 0 Å². The van der Waals surface area contributed by atoms with Crippen LogP contribution in [-0.2, 0) is 0 Å². The first-order chi connectivity index (χ1) is 7.84. The van der Waals surface area contributed by atoms with Gasteiger partial charge in [-0.2, -0.15) is 0 Å². The lowest BCUT2D eigenvalue weighted by Crippen LogP contribution is -2.35. The summed E-state index contributed by atoms with van der Waals surface area (Å²) in [6.45, 7) is 2.01. The molecule has 0 bridgehead atoms. The van der Waals surface area contributed by atoms with Crippen molar-refractivity contribution in [2.45, 2.75) is 44.1 Å². The molecule has 0 amide bonds. The first-order valence-corrected chi connectivity index (χ1v) is 6.37. The summed E-state index contributed by atoms with van der Waals surface area (Å²) in [4.78, 5) is 11.9. The molecule has 1 saturated heterocycles. The van der Waals surface area contributed by atoms with Crippen LogP contribution in [0.15, 0.2) is 10.9 Å². The zero-order valence-corrected chi connectivity index (χ0v) is 9.54. The molecule has 0 aromatic carbocycles.